The summed E-state index contributed by atoms with van der Waals surface area (Å²) in [7, 11) is 5.85. The number of carbonyl (C=O) groups excluding carboxylic acids is 2. The van der Waals surface area contributed by atoms with Gasteiger partial charge in [-0.15, -0.1) is 0 Å². The first-order valence-electron chi connectivity index (χ1n) is 14.6. The largest absolute Gasteiger partial charge is 0.550 e. The standard InChI is InChI=1S/C30H57NO4/c1-5-6-7-8-9-10-11-12-13-14-15-16-17-18-19-20-21-22-23-24-25-30(34)35-28(26-29(32)33)27-31(2,3)4/h12-13,28H,5-11,14-27H2,1-4H3/b13-12+. The maximum atomic E-state index is 12.1. The molecule has 0 aliphatic heterocycles. The first kappa shape index (κ1) is 33.6. The Morgan fingerprint density at radius 3 is 1.57 bits per heavy atom. The summed E-state index contributed by atoms with van der Waals surface area (Å²) in [5.74, 6) is -1.46. The second-order valence-corrected chi connectivity index (χ2v) is 11.3. The highest BCUT2D eigenvalue weighted by Crippen LogP contribution is 2.14. The third-order valence-corrected chi connectivity index (χ3v) is 6.34. The number of nitrogens with zero attached hydrogens (tertiary/aromatic N) is 1. The number of quaternary nitrogens is 1. The zero-order chi connectivity index (χ0) is 26.2. The lowest BCUT2D eigenvalue weighted by atomic mass is 10.0. The number of hydrogen-bond acceptors (Lipinski definition) is 4. The predicted octanol–water partition coefficient (Wildman–Crippen LogP) is 6.73. The molecule has 0 amide bonds. The Morgan fingerprint density at radius 1 is 0.714 bits per heavy atom. The molecule has 1 unspecified atom stereocenters. The van der Waals surface area contributed by atoms with Crippen molar-refractivity contribution in [3.63, 3.8) is 0 Å². The van der Waals surface area contributed by atoms with Gasteiger partial charge in [0.05, 0.1) is 21.1 Å². The molecule has 5 nitrogen and oxygen atoms in total. The van der Waals surface area contributed by atoms with Gasteiger partial charge in [-0.25, -0.2) is 0 Å². The molecule has 0 N–H and O–H groups in total. The Morgan fingerprint density at radius 2 is 1.14 bits per heavy atom. The van der Waals surface area contributed by atoms with Crippen LogP contribution in [0.15, 0.2) is 12.2 Å². The van der Waals surface area contributed by atoms with E-state index in [1.165, 1.54) is 96.3 Å². The molecule has 0 fully saturated rings. The van der Waals surface area contributed by atoms with Crippen LogP contribution in [0, 0.1) is 0 Å². The van der Waals surface area contributed by atoms with Gasteiger partial charge in [-0.2, -0.15) is 0 Å². The van der Waals surface area contributed by atoms with E-state index in [-0.39, 0.29) is 12.4 Å². The second kappa shape index (κ2) is 23.1. The number of ether oxygens (including phenoxy) is 1. The Labute approximate surface area is 217 Å². The first-order chi connectivity index (χ1) is 16.7. The van der Waals surface area contributed by atoms with Gasteiger partial charge in [0.2, 0.25) is 0 Å². The van der Waals surface area contributed by atoms with Crippen molar-refractivity contribution in [1.82, 2.24) is 0 Å². The molecular weight excluding hydrogens is 438 g/mol. The minimum absolute atomic E-state index is 0.239. The molecule has 0 aromatic carbocycles. The van der Waals surface area contributed by atoms with Crippen LogP contribution in [0.5, 0.6) is 0 Å². The molecule has 0 aliphatic rings. The molecule has 35 heavy (non-hydrogen) atoms. The first-order valence-corrected chi connectivity index (χ1v) is 14.6. The Hall–Kier alpha value is -1.36. The number of allylic oxidation sites excluding steroid dienone is 2. The summed E-state index contributed by atoms with van der Waals surface area (Å²) in [4.78, 5) is 23.0. The molecule has 206 valence electrons. The molecule has 0 saturated heterocycles. The normalized spacial score (nSPS) is 12.8. The summed E-state index contributed by atoms with van der Waals surface area (Å²) in [5, 5.41) is 10.9. The highest BCUT2D eigenvalue weighted by molar-refractivity contribution is 5.70. The number of esters is 1. The molecule has 0 rings (SSSR count). The van der Waals surface area contributed by atoms with E-state index in [0.29, 0.717) is 17.4 Å². The van der Waals surface area contributed by atoms with Crippen molar-refractivity contribution in [3.05, 3.63) is 12.2 Å². The molecule has 0 aromatic heterocycles. The number of carbonyl (C=O) groups is 2. The highest BCUT2D eigenvalue weighted by atomic mass is 16.5. The lowest BCUT2D eigenvalue weighted by Gasteiger charge is -2.29. The van der Waals surface area contributed by atoms with Crippen LogP contribution >= 0.6 is 0 Å². The van der Waals surface area contributed by atoms with E-state index in [4.69, 9.17) is 4.74 Å². The average molecular weight is 496 g/mol. The van der Waals surface area contributed by atoms with Gasteiger partial charge in [-0.05, 0) is 32.1 Å². The summed E-state index contributed by atoms with van der Waals surface area (Å²) in [6, 6.07) is 0. The highest BCUT2D eigenvalue weighted by Gasteiger charge is 2.22. The van der Waals surface area contributed by atoms with E-state index in [1.807, 2.05) is 21.1 Å². The van der Waals surface area contributed by atoms with E-state index in [0.717, 1.165) is 19.3 Å². The summed E-state index contributed by atoms with van der Waals surface area (Å²) >= 11 is 0. The fourth-order valence-corrected chi connectivity index (χ4v) is 4.41. The SMILES string of the molecule is CCCCCCCC/C=C/CCCCCCCCCCCCC(=O)OC(CC(=O)[O-])C[N+](C)(C)C. The van der Waals surface area contributed by atoms with Gasteiger partial charge >= 0.3 is 5.97 Å². The van der Waals surface area contributed by atoms with Crippen LogP contribution in [-0.4, -0.2) is 50.2 Å². The van der Waals surface area contributed by atoms with Crippen molar-refractivity contribution < 1.29 is 23.9 Å². The zero-order valence-corrected chi connectivity index (χ0v) is 23.7. The molecule has 0 aromatic rings. The Bertz CT molecular complexity index is 539. The number of rotatable bonds is 25. The van der Waals surface area contributed by atoms with Gasteiger partial charge in [-0.1, -0.05) is 103 Å². The Balaban J connectivity index is 3.49. The predicted molar refractivity (Wildman–Crippen MR) is 145 cm³/mol. The fraction of sp³-hybridized carbons (Fsp3) is 0.867. The number of carboxylic acids is 1. The lowest BCUT2D eigenvalue weighted by Crippen LogP contribution is -2.45. The topological polar surface area (TPSA) is 66.4 Å². The van der Waals surface area contributed by atoms with Crippen LogP contribution in [0.3, 0.4) is 0 Å². The summed E-state index contributed by atoms with van der Waals surface area (Å²) in [6.07, 6.45) is 27.2. The van der Waals surface area contributed by atoms with Crippen molar-refractivity contribution >= 4 is 11.9 Å². The van der Waals surface area contributed by atoms with Gasteiger partial charge in [0.25, 0.3) is 0 Å². The number of aliphatic carboxylic acids is 1. The monoisotopic (exact) mass is 495 g/mol. The minimum Gasteiger partial charge on any atom is -0.550 e. The van der Waals surface area contributed by atoms with E-state index in [2.05, 4.69) is 19.1 Å². The van der Waals surface area contributed by atoms with Gasteiger partial charge in [-0.3, -0.25) is 4.79 Å². The molecule has 1 atom stereocenters. The van der Waals surface area contributed by atoms with Crippen LogP contribution in [0.2, 0.25) is 0 Å². The molecule has 0 aliphatic carbocycles. The quantitative estimate of drug-likeness (QED) is 0.0609. The maximum Gasteiger partial charge on any atom is 0.306 e. The van der Waals surface area contributed by atoms with Crippen LogP contribution in [0.4, 0.5) is 0 Å². The van der Waals surface area contributed by atoms with E-state index >= 15 is 0 Å². The van der Waals surface area contributed by atoms with Crippen molar-refractivity contribution in [2.75, 3.05) is 27.7 Å². The summed E-state index contributed by atoms with van der Waals surface area (Å²) in [5.41, 5.74) is 0. The summed E-state index contributed by atoms with van der Waals surface area (Å²) in [6.45, 7) is 2.74. The fourth-order valence-electron chi connectivity index (χ4n) is 4.41. The van der Waals surface area contributed by atoms with E-state index < -0.39 is 12.1 Å². The average Bonchev–Trinajstić information content (AvgIpc) is 2.76. The van der Waals surface area contributed by atoms with Crippen LogP contribution < -0.4 is 5.11 Å². The molecular formula is C30H57NO4. The second-order valence-electron chi connectivity index (χ2n) is 11.3. The number of unbranched alkanes of at least 4 members (excludes halogenated alkanes) is 16. The van der Waals surface area contributed by atoms with Crippen LogP contribution in [0.25, 0.3) is 0 Å². The van der Waals surface area contributed by atoms with Crippen LogP contribution in [-0.2, 0) is 14.3 Å². The van der Waals surface area contributed by atoms with Gasteiger partial charge in [0, 0.05) is 18.8 Å². The molecule has 0 radical (unpaired) electrons. The van der Waals surface area contributed by atoms with Crippen molar-refractivity contribution in [2.24, 2.45) is 0 Å². The smallest absolute Gasteiger partial charge is 0.306 e. The van der Waals surface area contributed by atoms with Crippen molar-refractivity contribution in [3.8, 4) is 0 Å². The zero-order valence-electron chi connectivity index (χ0n) is 23.7. The van der Waals surface area contributed by atoms with Gasteiger partial charge in [0.1, 0.15) is 6.54 Å². The van der Waals surface area contributed by atoms with Gasteiger partial charge < -0.3 is 19.1 Å². The van der Waals surface area contributed by atoms with E-state index in [1.54, 1.807) is 0 Å². The van der Waals surface area contributed by atoms with Gasteiger partial charge in [0.15, 0.2) is 6.10 Å². The Kier molecular flexibility index (Phi) is 22.2. The molecule has 5 heteroatoms. The minimum atomic E-state index is -1.17. The lowest BCUT2D eigenvalue weighted by molar-refractivity contribution is -0.873. The van der Waals surface area contributed by atoms with Crippen molar-refractivity contribution in [2.45, 2.75) is 141 Å². The van der Waals surface area contributed by atoms with Crippen molar-refractivity contribution in [1.29, 1.82) is 0 Å². The molecule has 0 heterocycles. The number of carboxylic acid groups (broad SMARTS) is 1. The number of hydrogen-bond donors (Lipinski definition) is 0. The molecule has 0 bridgehead atoms. The van der Waals surface area contributed by atoms with Crippen LogP contribution in [0.1, 0.15) is 135 Å². The number of likely N-dealkylation sites (N-methyl/N-ethyl adjacent to an activating group) is 1. The third-order valence-electron chi connectivity index (χ3n) is 6.34. The summed E-state index contributed by atoms with van der Waals surface area (Å²) < 4.78 is 5.94. The molecule has 0 spiro atoms. The third kappa shape index (κ3) is 27.1. The molecule has 0 saturated carbocycles. The maximum absolute atomic E-state index is 12.1. The van der Waals surface area contributed by atoms with E-state index in [9.17, 15) is 14.7 Å².